The number of fused-ring (bicyclic) bond motifs is 1. The first kappa shape index (κ1) is 12.4. The lowest BCUT2D eigenvalue weighted by Crippen LogP contribution is -2.39. The summed E-state index contributed by atoms with van der Waals surface area (Å²) in [6.07, 6.45) is 7.45. The second-order valence-corrected chi connectivity index (χ2v) is 6.62. The van der Waals surface area contributed by atoms with Crippen molar-refractivity contribution < 1.29 is 0 Å². The number of rotatable bonds is 4. The van der Waals surface area contributed by atoms with Gasteiger partial charge in [-0.2, -0.15) is 0 Å². The highest BCUT2D eigenvalue weighted by Crippen LogP contribution is 2.49. The van der Waals surface area contributed by atoms with Crippen LogP contribution in [0.1, 0.15) is 38.5 Å². The zero-order chi connectivity index (χ0) is 12.6. The van der Waals surface area contributed by atoms with E-state index in [2.05, 4.69) is 9.80 Å². The van der Waals surface area contributed by atoms with Gasteiger partial charge in [0.15, 0.2) is 0 Å². The molecule has 0 aromatic rings. The predicted octanol–water partition coefficient (Wildman–Crippen LogP) is 1.26. The highest BCUT2D eigenvalue weighted by molar-refractivity contribution is 5.78. The van der Waals surface area contributed by atoms with Crippen LogP contribution in [0, 0.1) is 10.8 Å². The highest BCUT2D eigenvalue weighted by Gasteiger charge is 2.44. The molecule has 1 unspecified atom stereocenters. The summed E-state index contributed by atoms with van der Waals surface area (Å²) in [5, 5.41) is 7.52. The van der Waals surface area contributed by atoms with Gasteiger partial charge in [-0.3, -0.25) is 10.3 Å². The molecule has 0 bridgehead atoms. The van der Waals surface area contributed by atoms with Crippen molar-refractivity contribution in [1.29, 1.82) is 5.41 Å². The van der Waals surface area contributed by atoms with Crippen LogP contribution < -0.4 is 5.73 Å². The SMILES string of the molecule is N=C(N)CC1(CN2CCCN3CCCC3C2)CC1. The van der Waals surface area contributed by atoms with Gasteiger partial charge in [0.25, 0.3) is 0 Å². The molecule has 1 atom stereocenters. The standard InChI is InChI=1S/C14H26N4/c15-13(16)9-14(4-5-14)11-17-6-2-8-18-7-1-3-12(18)10-17/h12H,1-11H2,(H3,15,16). The Morgan fingerprint density at radius 3 is 2.72 bits per heavy atom. The van der Waals surface area contributed by atoms with Gasteiger partial charge in [-0.25, -0.2) is 0 Å². The van der Waals surface area contributed by atoms with Crippen LogP contribution in [0.15, 0.2) is 0 Å². The van der Waals surface area contributed by atoms with Crippen LogP contribution in [0.2, 0.25) is 0 Å². The van der Waals surface area contributed by atoms with Gasteiger partial charge < -0.3 is 10.6 Å². The second kappa shape index (κ2) is 4.82. The lowest BCUT2D eigenvalue weighted by atomic mass is 10.0. The summed E-state index contributed by atoms with van der Waals surface area (Å²) in [7, 11) is 0. The number of nitrogens with one attached hydrogen (secondary N) is 1. The van der Waals surface area contributed by atoms with Crippen LogP contribution in [0.5, 0.6) is 0 Å². The molecule has 18 heavy (non-hydrogen) atoms. The van der Waals surface area contributed by atoms with Gasteiger partial charge in [-0.1, -0.05) is 0 Å². The first-order valence-electron chi connectivity index (χ1n) is 7.46. The van der Waals surface area contributed by atoms with E-state index in [9.17, 15) is 0 Å². The Labute approximate surface area is 110 Å². The van der Waals surface area contributed by atoms with E-state index in [0.29, 0.717) is 11.3 Å². The minimum Gasteiger partial charge on any atom is -0.388 e. The number of hydrogen-bond donors (Lipinski definition) is 2. The van der Waals surface area contributed by atoms with Crippen molar-refractivity contribution in [3.05, 3.63) is 0 Å². The van der Waals surface area contributed by atoms with E-state index in [1.54, 1.807) is 0 Å². The summed E-state index contributed by atoms with van der Waals surface area (Å²) in [4.78, 5) is 5.34. The van der Waals surface area contributed by atoms with E-state index in [-0.39, 0.29) is 0 Å². The van der Waals surface area contributed by atoms with E-state index in [1.807, 2.05) is 0 Å². The molecule has 2 saturated heterocycles. The van der Waals surface area contributed by atoms with Gasteiger partial charge in [0, 0.05) is 25.6 Å². The zero-order valence-electron chi connectivity index (χ0n) is 11.3. The van der Waals surface area contributed by atoms with Crippen LogP contribution in [-0.2, 0) is 0 Å². The largest absolute Gasteiger partial charge is 0.388 e. The van der Waals surface area contributed by atoms with E-state index in [4.69, 9.17) is 11.1 Å². The molecule has 0 radical (unpaired) electrons. The summed E-state index contributed by atoms with van der Waals surface area (Å²) < 4.78 is 0. The van der Waals surface area contributed by atoms with Crippen molar-refractivity contribution >= 4 is 5.84 Å². The van der Waals surface area contributed by atoms with Gasteiger partial charge >= 0.3 is 0 Å². The highest BCUT2D eigenvalue weighted by atomic mass is 15.3. The van der Waals surface area contributed by atoms with E-state index in [0.717, 1.165) is 12.5 Å². The Morgan fingerprint density at radius 1 is 1.22 bits per heavy atom. The first-order chi connectivity index (χ1) is 8.67. The summed E-state index contributed by atoms with van der Waals surface area (Å²) in [6.45, 7) is 6.28. The minimum atomic E-state index is 0.375. The van der Waals surface area contributed by atoms with Crippen molar-refractivity contribution in [2.45, 2.75) is 44.6 Å². The Morgan fingerprint density at radius 2 is 2.00 bits per heavy atom. The van der Waals surface area contributed by atoms with Crippen LogP contribution in [-0.4, -0.2) is 54.4 Å². The fraction of sp³-hybridized carbons (Fsp3) is 0.929. The average Bonchev–Trinajstić information content (AvgIpc) is 2.95. The smallest absolute Gasteiger partial charge is 0.0911 e. The molecule has 2 heterocycles. The van der Waals surface area contributed by atoms with Gasteiger partial charge in [-0.05, 0) is 57.2 Å². The maximum atomic E-state index is 7.52. The molecule has 2 aliphatic heterocycles. The number of hydrogen-bond acceptors (Lipinski definition) is 3. The monoisotopic (exact) mass is 250 g/mol. The molecule has 3 aliphatic rings. The summed E-state index contributed by atoms with van der Waals surface area (Å²) in [5.41, 5.74) is 5.97. The topological polar surface area (TPSA) is 56.4 Å². The van der Waals surface area contributed by atoms with Gasteiger partial charge in [0.05, 0.1) is 5.84 Å². The molecule has 102 valence electrons. The molecule has 4 heteroatoms. The molecule has 3 N–H and O–H groups in total. The lowest BCUT2D eigenvalue weighted by Gasteiger charge is -2.29. The normalized spacial score (nSPS) is 31.9. The van der Waals surface area contributed by atoms with Crippen molar-refractivity contribution in [2.24, 2.45) is 11.1 Å². The van der Waals surface area contributed by atoms with Crippen LogP contribution in [0.25, 0.3) is 0 Å². The maximum absolute atomic E-state index is 7.52. The molecule has 1 saturated carbocycles. The first-order valence-corrected chi connectivity index (χ1v) is 7.46. The summed E-state index contributed by atoms with van der Waals surface area (Å²) >= 11 is 0. The second-order valence-electron chi connectivity index (χ2n) is 6.62. The Hall–Kier alpha value is -0.610. The minimum absolute atomic E-state index is 0.375. The molecule has 0 amide bonds. The van der Waals surface area contributed by atoms with Crippen molar-refractivity contribution in [2.75, 3.05) is 32.7 Å². The van der Waals surface area contributed by atoms with Crippen LogP contribution in [0.3, 0.4) is 0 Å². The summed E-state index contributed by atoms with van der Waals surface area (Å²) in [6, 6.07) is 0.806. The third kappa shape index (κ3) is 2.69. The molecule has 3 fully saturated rings. The molecule has 1 aliphatic carbocycles. The van der Waals surface area contributed by atoms with Gasteiger partial charge in [-0.15, -0.1) is 0 Å². The molecule has 0 aromatic heterocycles. The quantitative estimate of drug-likeness (QED) is 0.583. The number of nitrogens with zero attached hydrogens (tertiary/aromatic N) is 2. The Balaban J connectivity index is 1.57. The molecular formula is C14H26N4. The predicted molar refractivity (Wildman–Crippen MR) is 73.9 cm³/mol. The van der Waals surface area contributed by atoms with E-state index < -0.39 is 0 Å². The summed E-state index contributed by atoms with van der Waals surface area (Å²) in [5.74, 6) is 0.379. The maximum Gasteiger partial charge on any atom is 0.0911 e. The Kier molecular flexibility index (Phi) is 3.32. The zero-order valence-corrected chi connectivity index (χ0v) is 11.3. The number of amidine groups is 1. The van der Waals surface area contributed by atoms with E-state index in [1.165, 1.54) is 64.8 Å². The third-order valence-electron chi connectivity index (χ3n) is 4.97. The number of nitrogens with two attached hydrogens (primary N) is 1. The lowest BCUT2D eigenvalue weighted by molar-refractivity contribution is 0.193. The van der Waals surface area contributed by atoms with Crippen LogP contribution >= 0.6 is 0 Å². The van der Waals surface area contributed by atoms with Gasteiger partial charge in [0.1, 0.15) is 0 Å². The van der Waals surface area contributed by atoms with Crippen molar-refractivity contribution in [3.63, 3.8) is 0 Å². The third-order valence-corrected chi connectivity index (χ3v) is 4.97. The van der Waals surface area contributed by atoms with Crippen molar-refractivity contribution in [1.82, 2.24) is 9.80 Å². The van der Waals surface area contributed by atoms with Gasteiger partial charge in [0.2, 0.25) is 0 Å². The van der Waals surface area contributed by atoms with Crippen molar-refractivity contribution in [3.8, 4) is 0 Å². The van der Waals surface area contributed by atoms with Crippen LogP contribution in [0.4, 0.5) is 0 Å². The fourth-order valence-electron chi connectivity index (χ4n) is 3.87. The van der Waals surface area contributed by atoms with E-state index >= 15 is 0 Å². The fourth-order valence-corrected chi connectivity index (χ4v) is 3.87. The molecule has 4 nitrogen and oxygen atoms in total. The molecule has 3 rings (SSSR count). The molecule has 0 aromatic carbocycles. The Bertz CT molecular complexity index is 324. The average molecular weight is 250 g/mol. The molecule has 0 spiro atoms. The molecular weight excluding hydrogens is 224 g/mol.